The standard InChI is InChI=1S/C17H33Si2/c1-7-18(8-2,9-3)16-14-13-15-17(16)19(10-4,11-5)12-6/h14H,7-13H2,1-6H3. The summed E-state index contributed by atoms with van der Waals surface area (Å²) in [5.41, 5.74) is 0. The predicted octanol–water partition coefficient (Wildman–Crippen LogP) is 6.14. The summed E-state index contributed by atoms with van der Waals surface area (Å²) in [5.74, 6) is 0. The van der Waals surface area contributed by atoms with Crippen LogP contribution < -0.4 is 0 Å². The van der Waals surface area contributed by atoms with Gasteiger partial charge in [0.15, 0.2) is 0 Å². The highest BCUT2D eigenvalue weighted by Crippen LogP contribution is 2.43. The molecule has 19 heavy (non-hydrogen) atoms. The van der Waals surface area contributed by atoms with Gasteiger partial charge in [-0.3, -0.25) is 0 Å². The van der Waals surface area contributed by atoms with Crippen LogP contribution >= 0.6 is 0 Å². The maximum Gasteiger partial charge on any atom is 0.0861 e. The molecule has 1 aliphatic carbocycles. The highest BCUT2D eigenvalue weighted by atomic mass is 28.3. The maximum atomic E-state index is 3.83. The summed E-state index contributed by atoms with van der Waals surface area (Å²) in [6, 6.07) is 8.46. The van der Waals surface area contributed by atoms with Gasteiger partial charge in [0.1, 0.15) is 0 Å². The molecule has 0 N–H and O–H groups in total. The van der Waals surface area contributed by atoms with Crippen LogP contribution in [0.15, 0.2) is 16.5 Å². The van der Waals surface area contributed by atoms with Crippen molar-refractivity contribution < 1.29 is 0 Å². The van der Waals surface area contributed by atoms with Gasteiger partial charge in [0.25, 0.3) is 0 Å². The third-order valence-corrected chi connectivity index (χ3v) is 17.5. The average molecular weight is 294 g/mol. The molecule has 0 heterocycles. The van der Waals surface area contributed by atoms with E-state index in [-0.39, 0.29) is 0 Å². The predicted molar refractivity (Wildman–Crippen MR) is 93.9 cm³/mol. The second-order valence-corrected chi connectivity index (χ2v) is 16.5. The van der Waals surface area contributed by atoms with Gasteiger partial charge in [-0.25, -0.2) is 0 Å². The van der Waals surface area contributed by atoms with Crippen molar-refractivity contribution in [2.75, 3.05) is 0 Å². The highest BCUT2D eigenvalue weighted by molar-refractivity contribution is 6.95. The lowest BCUT2D eigenvalue weighted by molar-refractivity contribution is 1.15. The van der Waals surface area contributed by atoms with E-state index in [1.807, 2.05) is 5.20 Å². The van der Waals surface area contributed by atoms with Crippen LogP contribution in [0.25, 0.3) is 0 Å². The molecule has 109 valence electrons. The molecule has 0 aromatic carbocycles. The SMILES string of the molecule is CC[Si](CC)(CC)C1=[C]CC=C1[Si](CC)(CC)CC. The molecular formula is C17H33Si2. The van der Waals surface area contributed by atoms with Gasteiger partial charge in [-0.2, -0.15) is 0 Å². The molecule has 0 nitrogen and oxygen atoms in total. The van der Waals surface area contributed by atoms with E-state index in [0.717, 1.165) is 6.42 Å². The first-order valence-corrected chi connectivity index (χ1v) is 13.7. The third-order valence-electron chi connectivity index (χ3n) is 6.02. The van der Waals surface area contributed by atoms with Crippen LogP contribution in [-0.4, -0.2) is 16.1 Å². The first kappa shape index (κ1) is 17.0. The number of rotatable bonds is 8. The molecule has 0 aromatic rings. The van der Waals surface area contributed by atoms with Crippen molar-refractivity contribution in [2.24, 2.45) is 0 Å². The summed E-state index contributed by atoms with van der Waals surface area (Å²) in [5, 5.41) is 3.62. The Balaban J connectivity index is 3.21. The van der Waals surface area contributed by atoms with Gasteiger partial charge in [-0.05, 0) is 12.5 Å². The Hall–Kier alpha value is -0.0862. The lowest BCUT2D eigenvalue weighted by Gasteiger charge is -2.39. The minimum absolute atomic E-state index is 1.11. The van der Waals surface area contributed by atoms with Gasteiger partial charge < -0.3 is 0 Å². The molecule has 0 spiro atoms. The van der Waals surface area contributed by atoms with Crippen molar-refractivity contribution in [3.05, 3.63) is 22.5 Å². The molecule has 0 aliphatic heterocycles. The fourth-order valence-electron chi connectivity index (χ4n) is 4.01. The minimum Gasteiger partial charge on any atom is -0.0809 e. The smallest absolute Gasteiger partial charge is 0.0809 e. The summed E-state index contributed by atoms with van der Waals surface area (Å²) in [4.78, 5) is 0. The topological polar surface area (TPSA) is 0 Å². The Kier molecular flexibility index (Phi) is 6.32. The Bertz CT molecular complexity index is 294. The number of hydrogen-bond acceptors (Lipinski definition) is 0. The second kappa shape index (κ2) is 7.07. The molecule has 1 aliphatic rings. The lowest BCUT2D eigenvalue weighted by Crippen LogP contribution is -2.43. The van der Waals surface area contributed by atoms with Gasteiger partial charge in [-0.1, -0.05) is 94.3 Å². The Labute approximate surface area is 123 Å². The van der Waals surface area contributed by atoms with Crippen molar-refractivity contribution in [3.8, 4) is 0 Å². The molecule has 0 saturated heterocycles. The minimum atomic E-state index is -1.23. The van der Waals surface area contributed by atoms with E-state index >= 15 is 0 Å². The molecule has 1 rings (SSSR count). The summed E-state index contributed by atoms with van der Waals surface area (Å²) in [6.07, 6.45) is 7.50. The third kappa shape index (κ3) is 2.85. The molecule has 2 heteroatoms. The van der Waals surface area contributed by atoms with E-state index in [2.05, 4.69) is 53.7 Å². The molecule has 0 saturated carbocycles. The van der Waals surface area contributed by atoms with Crippen molar-refractivity contribution in [1.82, 2.24) is 0 Å². The van der Waals surface area contributed by atoms with Gasteiger partial charge in [-0.15, -0.1) is 0 Å². The quantitative estimate of drug-likeness (QED) is 0.471. The van der Waals surface area contributed by atoms with Crippen LogP contribution in [0.3, 0.4) is 0 Å². The summed E-state index contributed by atoms with van der Waals surface area (Å²) >= 11 is 0. The van der Waals surface area contributed by atoms with Crippen LogP contribution in [0.4, 0.5) is 0 Å². The average Bonchev–Trinajstić information content (AvgIpc) is 2.95. The zero-order valence-corrected chi connectivity index (χ0v) is 16.0. The van der Waals surface area contributed by atoms with E-state index in [9.17, 15) is 0 Å². The summed E-state index contributed by atoms with van der Waals surface area (Å²) < 4.78 is 0. The molecule has 0 aromatic heterocycles. The van der Waals surface area contributed by atoms with E-state index in [1.165, 1.54) is 36.3 Å². The fourth-order valence-corrected chi connectivity index (χ4v) is 13.1. The molecular weight excluding hydrogens is 260 g/mol. The summed E-state index contributed by atoms with van der Waals surface area (Å²) in [6.45, 7) is 14.6. The van der Waals surface area contributed by atoms with Crippen LogP contribution in [-0.2, 0) is 0 Å². The molecule has 1 radical (unpaired) electrons. The monoisotopic (exact) mass is 293 g/mol. The Morgan fingerprint density at radius 2 is 1.21 bits per heavy atom. The van der Waals surface area contributed by atoms with Gasteiger partial charge in [0, 0.05) is 0 Å². The maximum absolute atomic E-state index is 3.83. The van der Waals surface area contributed by atoms with Crippen LogP contribution in [0.1, 0.15) is 48.0 Å². The van der Waals surface area contributed by atoms with Crippen molar-refractivity contribution in [3.63, 3.8) is 0 Å². The van der Waals surface area contributed by atoms with Crippen molar-refractivity contribution in [2.45, 2.75) is 84.2 Å². The highest BCUT2D eigenvalue weighted by Gasteiger charge is 2.42. The summed E-state index contributed by atoms with van der Waals surface area (Å²) in [7, 11) is -2.44. The van der Waals surface area contributed by atoms with E-state index in [0.29, 0.717) is 0 Å². The second-order valence-electron chi connectivity index (χ2n) is 6.06. The molecule has 0 atom stereocenters. The first-order valence-electron chi connectivity index (χ1n) is 8.41. The zero-order valence-electron chi connectivity index (χ0n) is 14.0. The van der Waals surface area contributed by atoms with Crippen LogP contribution in [0.5, 0.6) is 0 Å². The van der Waals surface area contributed by atoms with Gasteiger partial charge in [0.2, 0.25) is 0 Å². The number of hydrogen-bond donors (Lipinski definition) is 0. The molecule has 0 unspecified atom stereocenters. The Morgan fingerprint density at radius 1 is 0.789 bits per heavy atom. The largest absolute Gasteiger partial charge is 0.0861 e. The van der Waals surface area contributed by atoms with Crippen molar-refractivity contribution >= 4 is 16.1 Å². The molecule has 0 fully saturated rings. The molecule has 0 amide bonds. The Morgan fingerprint density at radius 3 is 1.58 bits per heavy atom. The molecule has 0 bridgehead atoms. The number of allylic oxidation sites excluding steroid dienone is 4. The van der Waals surface area contributed by atoms with E-state index in [4.69, 9.17) is 0 Å². The van der Waals surface area contributed by atoms with Gasteiger partial charge >= 0.3 is 0 Å². The van der Waals surface area contributed by atoms with Crippen LogP contribution in [0.2, 0.25) is 36.3 Å². The van der Waals surface area contributed by atoms with Gasteiger partial charge in [0.05, 0.1) is 16.1 Å². The lowest BCUT2D eigenvalue weighted by atomic mass is 10.5. The first-order chi connectivity index (χ1) is 9.09. The normalized spacial score (nSPS) is 16.5. The fraction of sp³-hybridized carbons (Fsp3) is 0.765. The van der Waals surface area contributed by atoms with E-state index < -0.39 is 16.1 Å². The van der Waals surface area contributed by atoms with Crippen LogP contribution in [0, 0.1) is 6.08 Å². The van der Waals surface area contributed by atoms with E-state index in [1.54, 1.807) is 5.20 Å². The van der Waals surface area contributed by atoms with Crippen molar-refractivity contribution in [1.29, 1.82) is 0 Å². The zero-order chi connectivity index (χ0) is 14.5.